The molecule has 0 aliphatic heterocycles. The van der Waals surface area contributed by atoms with E-state index in [1.165, 1.54) is 53.1 Å². The molecule has 4 heteroatoms. The quantitative estimate of drug-likeness (QED) is 0.164. The molecule has 0 radical (unpaired) electrons. The van der Waals surface area contributed by atoms with Crippen LogP contribution < -0.4 is 5.56 Å². The normalized spacial score (nSPS) is 12.1. The van der Waals surface area contributed by atoms with Crippen LogP contribution in [0.3, 0.4) is 0 Å². The lowest BCUT2D eigenvalue weighted by molar-refractivity contribution is 1.18. The zero-order chi connectivity index (χ0) is 38.8. The molecule has 3 nitrogen and oxygen atoms in total. The SMILES string of the molecule is O=c1c2ccccc2c2cc(-c3ccc(-n4c5ccccc5c5cc(-c6cccc7c6sc6ccccc67)ccc54)cc3)cc3c4cc(-c5ccccc5)ccc4n1c23. The van der Waals surface area contributed by atoms with Gasteiger partial charge in [0.1, 0.15) is 0 Å². The highest BCUT2D eigenvalue weighted by molar-refractivity contribution is 7.26. The van der Waals surface area contributed by atoms with Gasteiger partial charge in [-0.05, 0) is 105 Å². The lowest BCUT2D eigenvalue weighted by atomic mass is 9.96. The predicted octanol–water partition coefficient (Wildman–Crippen LogP) is 14.7. The van der Waals surface area contributed by atoms with Crippen LogP contribution in [0.1, 0.15) is 0 Å². The van der Waals surface area contributed by atoms with Crippen molar-refractivity contribution in [2.45, 2.75) is 0 Å². The lowest BCUT2D eigenvalue weighted by Crippen LogP contribution is -2.12. The maximum atomic E-state index is 14.2. The third kappa shape index (κ3) is 4.66. The van der Waals surface area contributed by atoms with Crippen molar-refractivity contribution in [3.8, 4) is 39.1 Å². The molecule has 0 spiro atoms. The van der Waals surface area contributed by atoms with Crippen LogP contribution in [0.4, 0.5) is 0 Å². The Morgan fingerprint density at radius 3 is 1.78 bits per heavy atom. The molecule has 13 aromatic rings. The van der Waals surface area contributed by atoms with E-state index in [0.717, 1.165) is 65.9 Å². The van der Waals surface area contributed by atoms with E-state index in [-0.39, 0.29) is 5.56 Å². The Labute approximate surface area is 342 Å². The van der Waals surface area contributed by atoms with Crippen molar-refractivity contribution < 1.29 is 0 Å². The molecule has 0 bridgehead atoms. The molecule has 0 atom stereocenters. The highest BCUT2D eigenvalue weighted by Gasteiger charge is 2.20. The fraction of sp³-hybridized carbons (Fsp3) is 0. The van der Waals surface area contributed by atoms with Gasteiger partial charge in [0.15, 0.2) is 0 Å². The highest BCUT2D eigenvalue weighted by Crippen LogP contribution is 2.43. The summed E-state index contributed by atoms with van der Waals surface area (Å²) in [4.78, 5) is 14.2. The number of pyridine rings is 1. The number of benzene rings is 9. The molecule has 0 unspecified atom stereocenters. The molecule has 13 rings (SSSR count). The lowest BCUT2D eigenvalue weighted by Gasteiger charge is -2.12. The van der Waals surface area contributed by atoms with E-state index in [0.29, 0.717) is 0 Å². The van der Waals surface area contributed by atoms with Gasteiger partial charge >= 0.3 is 0 Å². The highest BCUT2D eigenvalue weighted by atomic mass is 32.1. The number of para-hydroxylation sites is 1. The molecular formula is C55H32N2OS. The molecule has 9 aromatic carbocycles. The van der Waals surface area contributed by atoms with Crippen molar-refractivity contribution in [3.05, 3.63) is 204 Å². The first kappa shape index (κ1) is 32.5. The van der Waals surface area contributed by atoms with E-state index >= 15 is 0 Å². The minimum atomic E-state index is 0.0214. The van der Waals surface area contributed by atoms with Crippen molar-refractivity contribution in [2.24, 2.45) is 0 Å². The average molecular weight is 769 g/mol. The monoisotopic (exact) mass is 768 g/mol. The molecule has 4 heterocycles. The second-order valence-corrected chi connectivity index (χ2v) is 16.7. The Kier molecular flexibility index (Phi) is 6.75. The van der Waals surface area contributed by atoms with Crippen molar-refractivity contribution in [3.63, 3.8) is 0 Å². The van der Waals surface area contributed by atoms with E-state index in [9.17, 15) is 4.79 Å². The Bertz CT molecular complexity index is 3910. The number of hydrogen-bond donors (Lipinski definition) is 0. The van der Waals surface area contributed by atoms with Gasteiger partial charge in [0.05, 0.1) is 22.1 Å². The first-order chi connectivity index (χ1) is 29.2. The number of fused-ring (bicyclic) bond motifs is 11. The standard InChI is InChI=1S/C55H32N2OS/c58-55-44-16-5-4-13-40(44)47-31-37(32-48-46-29-35(33-11-2-1-3-12-33)23-27-51(46)57(55)53(47)48)34-21-25-38(26-22-34)56-49-19-8-6-14-41(49)45-30-36(24-28-50(45)56)39-17-10-18-43-42-15-7-9-20-52(42)59-54(39)43/h1-32H. The summed E-state index contributed by atoms with van der Waals surface area (Å²) in [5.41, 5.74) is 12.4. The van der Waals surface area contributed by atoms with Crippen LogP contribution in [0.25, 0.3) is 119 Å². The molecule has 0 aliphatic carbocycles. The maximum Gasteiger partial charge on any atom is 0.263 e. The summed E-state index contributed by atoms with van der Waals surface area (Å²) in [6.07, 6.45) is 0. The maximum absolute atomic E-state index is 14.2. The average Bonchev–Trinajstić information content (AvgIpc) is 3.96. The Morgan fingerprint density at radius 1 is 0.356 bits per heavy atom. The molecule has 0 fully saturated rings. The second-order valence-electron chi connectivity index (χ2n) is 15.6. The summed E-state index contributed by atoms with van der Waals surface area (Å²) >= 11 is 1.88. The van der Waals surface area contributed by atoms with Crippen LogP contribution in [0.2, 0.25) is 0 Å². The van der Waals surface area contributed by atoms with E-state index in [1.807, 2.05) is 40.0 Å². The third-order valence-electron chi connectivity index (χ3n) is 12.5. The zero-order valence-electron chi connectivity index (χ0n) is 31.7. The largest absolute Gasteiger partial charge is 0.309 e. The summed E-state index contributed by atoms with van der Waals surface area (Å²) in [6.45, 7) is 0. The van der Waals surface area contributed by atoms with Gasteiger partial charge in [-0.15, -0.1) is 11.3 Å². The summed E-state index contributed by atoms with van der Waals surface area (Å²) in [7, 11) is 0. The van der Waals surface area contributed by atoms with Gasteiger partial charge < -0.3 is 4.57 Å². The van der Waals surface area contributed by atoms with E-state index in [2.05, 4.69) is 174 Å². The first-order valence-corrected chi connectivity index (χ1v) is 20.9. The molecular weight excluding hydrogens is 737 g/mol. The second kappa shape index (κ2) is 12.2. The van der Waals surface area contributed by atoms with E-state index in [1.54, 1.807) is 0 Å². The zero-order valence-corrected chi connectivity index (χ0v) is 32.5. The number of thiophene rings is 1. The van der Waals surface area contributed by atoms with Crippen molar-refractivity contribution in [1.29, 1.82) is 0 Å². The minimum Gasteiger partial charge on any atom is -0.309 e. The van der Waals surface area contributed by atoms with Gasteiger partial charge in [-0.2, -0.15) is 0 Å². The van der Waals surface area contributed by atoms with Crippen molar-refractivity contribution in [1.82, 2.24) is 8.97 Å². The smallest absolute Gasteiger partial charge is 0.263 e. The summed E-state index contributed by atoms with van der Waals surface area (Å²) in [5.74, 6) is 0. The van der Waals surface area contributed by atoms with Crippen LogP contribution in [0.5, 0.6) is 0 Å². The topological polar surface area (TPSA) is 26.4 Å². The van der Waals surface area contributed by atoms with E-state index in [4.69, 9.17) is 0 Å². The number of hydrogen-bond acceptors (Lipinski definition) is 2. The first-order valence-electron chi connectivity index (χ1n) is 20.0. The van der Waals surface area contributed by atoms with Gasteiger partial charge in [0, 0.05) is 58.2 Å². The van der Waals surface area contributed by atoms with Gasteiger partial charge in [0.25, 0.3) is 5.56 Å². The summed E-state index contributed by atoms with van der Waals surface area (Å²) < 4.78 is 6.97. The van der Waals surface area contributed by atoms with Gasteiger partial charge in [0.2, 0.25) is 0 Å². The van der Waals surface area contributed by atoms with Gasteiger partial charge in [-0.3, -0.25) is 9.20 Å². The summed E-state index contributed by atoms with van der Waals surface area (Å²) in [5, 5.41) is 10.1. The van der Waals surface area contributed by atoms with E-state index < -0.39 is 0 Å². The number of rotatable bonds is 4. The van der Waals surface area contributed by atoms with Crippen LogP contribution >= 0.6 is 11.3 Å². The molecule has 0 aliphatic rings. The molecule has 4 aromatic heterocycles. The number of aromatic nitrogens is 2. The van der Waals surface area contributed by atoms with Crippen LogP contribution in [0.15, 0.2) is 199 Å². The van der Waals surface area contributed by atoms with Crippen LogP contribution in [-0.4, -0.2) is 8.97 Å². The Balaban J connectivity index is 0.978. The predicted molar refractivity (Wildman–Crippen MR) is 251 cm³/mol. The van der Waals surface area contributed by atoms with Crippen molar-refractivity contribution in [2.75, 3.05) is 0 Å². The van der Waals surface area contributed by atoms with Crippen LogP contribution in [-0.2, 0) is 0 Å². The van der Waals surface area contributed by atoms with Gasteiger partial charge in [-0.25, -0.2) is 0 Å². The number of nitrogens with zero attached hydrogens (tertiary/aromatic N) is 2. The van der Waals surface area contributed by atoms with Gasteiger partial charge in [-0.1, -0.05) is 127 Å². The minimum absolute atomic E-state index is 0.0214. The molecule has 0 N–H and O–H groups in total. The molecule has 274 valence electrons. The molecule has 59 heavy (non-hydrogen) atoms. The fourth-order valence-corrected chi connectivity index (χ4v) is 11.0. The van der Waals surface area contributed by atoms with Crippen molar-refractivity contribution >= 4 is 91.3 Å². The summed E-state index contributed by atoms with van der Waals surface area (Å²) in [6, 6.07) is 69.7. The fourth-order valence-electron chi connectivity index (χ4n) is 9.76. The molecule has 0 saturated heterocycles. The molecule has 0 saturated carbocycles. The molecule has 0 amide bonds. The Morgan fingerprint density at radius 2 is 0.932 bits per heavy atom. The Hall–Kier alpha value is -7.53. The third-order valence-corrected chi connectivity index (χ3v) is 13.7. The van der Waals surface area contributed by atoms with Crippen LogP contribution in [0, 0.1) is 0 Å².